The fourth-order valence-electron chi connectivity index (χ4n) is 2.61. The lowest BCUT2D eigenvalue weighted by molar-refractivity contribution is 0.0598. The van der Waals surface area contributed by atoms with E-state index in [9.17, 15) is 9.59 Å². The second-order valence-corrected chi connectivity index (χ2v) is 6.98. The fourth-order valence-corrected chi connectivity index (χ4v) is 3.64. The molecule has 140 valence electrons. The molecule has 0 fully saturated rings. The molecule has 27 heavy (non-hydrogen) atoms. The molecular formula is C19H19N3O4S. The smallest absolute Gasteiger partial charge is 0.341 e. The summed E-state index contributed by atoms with van der Waals surface area (Å²) in [4.78, 5) is 35.4. The molecule has 0 aliphatic heterocycles. The number of furan rings is 1. The molecule has 0 radical (unpaired) electrons. The molecular weight excluding hydrogens is 366 g/mol. The zero-order valence-corrected chi connectivity index (χ0v) is 16.3. The minimum absolute atomic E-state index is 0.166. The Hall–Kier alpha value is -3.00. The van der Waals surface area contributed by atoms with Gasteiger partial charge >= 0.3 is 5.97 Å². The number of hydrogen-bond acceptors (Lipinski definition) is 7. The first-order valence-corrected chi connectivity index (χ1v) is 9.04. The number of aryl methyl sites for hydroxylation is 2. The van der Waals surface area contributed by atoms with Crippen molar-refractivity contribution in [3.05, 3.63) is 58.1 Å². The normalized spacial score (nSPS) is 10.7. The molecule has 0 saturated heterocycles. The number of thiazole rings is 1. The van der Waals surface area contributed by atoms with Gasteiger partial charge in [0.15, 0.2) is 0 Å². The Balaban J connectivity index is 1.78. The molecule has 0 aromatic carbocycles. The minimum Gasteiger partial charge on any atom is -0.465 e. The molecule has 1 amide bonds. The first-order chi connectivity index (χ1) is 12.9. The van der Waals surface area contributed by atoms with Crippen LogP contribution in [-0.4, -0.2) is 40.9 Å². The first kappa shape index (κ1) is 18.8. The van der Waals surface area contributed by atoms with Crippen molar-refractivity contribution in [2.45, 2.75) is 20.4 Å². The molecule has 3 aromatic rings. The Morgan fingerprint density at radius 2 is 2.07 bits per heavy atom. The molecule has 0 N–H and O–H groups in total. The predicted octanol–water partition coefficient (Wildman–Crippen LogP) is 3.47. The lowest BCUT2D eigenvalue weighted by Crippen LogP contribution is -2.25. The maximum atomic E-state index is 12.8. The van der Waals surface area contributed by atoms with E-state index >= 15 is 0 Å². The van der Waals surface area contributed by atoms with Crippen molar-refractivity contribution in [2.75, 3.05) is 14.2 Å². The Kier molecular flexibility index (Phi) is 5.36. The Morgan fingerprint density at radius 1 is 1.30 bits per heavy atom. The molecule has 8 heteroatoms. The number of ether oxygens (including phenoxy) is 1. The van der Waals surface area contributed by atoms with Crippen LogP contribution in [0.2, 0.25) is 0 Å². The number of hydrogen-bond donors (Lipinski definition) is 0. The van der Waals surface area contributed by atoms with Gasteiger partial charge in [0.1, 0.15) is 27.0 Å². The number of pyridine rings is 1. The molecule has 3 aromatic heterocycles. The van der Waals surface area contributed by atoms with Crippen molar-refractivity contribution in [1.82, 2.24) is 14.9 Å². The lowest BCUT2D eigenvalue weighted by atomic mass is 10.2. The second kappa shape index (κ2) is 7.71. The van der Waals surface area contributed by atoms with Gasteiger partial charge in [-0.3, -0.25) is 9.78 Å². The van der Waals surface area contributed by atoms with Gasteiger partial charge in [0.25, 0.3) is 5.91 Å². The molecule has 0 spiro atoms. The van der Waals surface area contributed by atoms with Crippen LogP contribution in [0.3, 0.4) is 0 Å². The van der Waals surface area contributed by atoms with Crippen LogP contribution in [0.15, 0.2) is 34.9 Å². The van der Waals surface area contributed by atoms with Gasteiger partial charge in [-0.05, 0) is 32.0 Å². The summed E-state index contributed by atoms with van der Waals surface area (Å²) in [5.74, 6) is 0.343. The summed E-state index contributed by atoms with van der Waals surface area (Å²) in [6.07, 6.45) is 1.69. The zero-order valence-electron chi connectivity index (χ0n) is 15.5. The summed E-state index contributed by atoms with van der Waals surface area (Å²) in [6.45, 7) is 3.72. The van der Waals surface area contributed by atoms with Gasteiger partial charge in [-0.15, -0.1) is 11.3 Å². The van der Waals surface area contributed by atoms with Crippen LogP contribution in [0.4, 0.5) is 0 Å². The molecule has 0 bridgehead atoms. The summed E-state index contributed by atoms with van der Waals surface area (Å²) in [5.41, 5.74) is 1.75. The van der Waals surface area contributed by atoms with Gasteiger partial charge in [0.2, 0.25) is 0 Å². The van der Waals surface area contributed by atoms with Gasteiger partial charge in [0, 0.05) is 13.2 Å². The van der Waals surface area contributed by atoms with E-state index in [1.165, 1.54) is 23.3 Å². The molecule has 0 unspecified atom stereocenters. The van der Waals surface area contributed by atoms with Gasteiger partial charge in [-0.2, -0.15) is 0 Å². The Bertz CT molecular complexity index is 978. The topological polar surface area (TPSA) is 85.5 Å². The van der Waals surface area contributed by atoms with E-state index in [1.807, 2.05) is 18.2 Å². The highest BCUT2D eigenvalue weighted by Crippen LogP contribution is 2.27. The highest BCUT2D eigenvalue weighted by atomic mass is 32.1. The summed E-state index contributed by atoms with van der Waals surface area (Å²) < 4.78 is 10.3. The van der Waals surface area contributed by atoms with Crippen molar-refractivity contribution in [2.24, 2.45) is 0 Å². The number of carbonyl (C=O) groups excluding carboxylic acids is 2. The van der Waals surface area contributed by atoms with E-state index in [-0.39, 0.29) is 12.5 Å². The van der Waals surface area contributed by atoms with E-state index in [2.05, 4.69) is 9.97 Å². The highest BCUT2D eigenvalue weighted by molar-refractivity contribution is 7.17. The number of rotatable bonds is 5. The highest BCUT2D eigenvalue weighted by Gasteiger charge is 2.22. The largest absolute Gasteiger partial charge is 0.465 e. The monoisotopic (exact) mass is 385 g/mol. The van der Waals surface area contributed by atoms with Gasteiger partial charge < -0.3 is 14.1 Å². The van der Waals surface area contributed by atoms with Crippen LogP contribution >= 0.6 is 11.3 Å². The minimum atomic E-state index is -0.463. The van der Waals surface area contributed by atoms with E-state index < -0.39 is 5.97 Å². The Labute approximate surface area is 160 Å². The number of esters is 1. The quantitative estimate of drug-likeness (QED) is 0.625. The Morgan fingerprint density at radius 3 is 2.74 bits per heavy atom. The summed E-state index contributed by atoms with van der Waals surface area (Å²) >= 11 is 1.31. The summed E-state index contributed by atoms with van der Waals surface area (Å²) in [6, 6.07) is 7.17. The third kappa shape index (κ3) is 3.90. The van der Waals surface area contributed by atoms with E-state index in [0.717, 1.165) is 5.69 Å². The molecule has 3 rings (SSSR count). The van der Waals surface area contributed by atoms with Crippen LogP contribution in [0.25, 0.3) is 10.7 Å². The maximum absolute atomic E-state index is 12.8. The number of amides is 1. The zero-order chi connectivity index (χ0) is 19.6. The summed E-state index contributed by atoms with van der Waals surface area (Å²) in [7, 11) is 2.99. The van der Waals surface area contributed by atoms with Gasteiger partial charge in [0.05, 0.1) is 25.0 Å². The van der Waals surface area contributed by atoms with Gasteiger partial charge in [-0.1, -0.05) is 6.07 Å². The third-order valence-electron chi connectivity index (χ3n) is 3.99. The van der Waals surface area contributed by atoms with E-state index in [1.54, 1.807) is 33.2 Å². The van der Waals surface area contributed by atoms with Crippen LogP contribution in [0.5, 0.6) is 0 Å². The molecule has 3 heterocycles. The van der Waals surface area contributed by atoms with Crippen molar-refractivity contribution in [3.8, 4) is 10.7 Å². The standard InChI is InChI=1S/C19H19N3O4S/c1-11-16(27-17(21-11)15-7-5-6-8-20-15)18(23)22(3)10-13-9-14(12(2)26-13)19(24)25-4/h5-9H,10H2,1-4H3. The van der Waals surface area contributed by atoms with Crippen LogP contribution < -0.4 is 0 Å². The second-order valence-electron chi connectivity index (χ2n) is 5.98. The average Bonchev–Trinajstić information content (AvgIpc) is 3.23. The van der Waals surface area contributed by atoms with Gasteiger partial charge in [-0.25, -0.2) is 9.78 Å². The number of carbonyl (C=O) groups is 2. The number of nitrogens with zero attached hydrogens (tertiary/aromatic N) is 3. The van der Waals surface area contributed by atoms with Crippen molar-refractivity contribution >= 4 is 23.2 Å². The van der Waals surface area contributed by atoms with E-state index in [4.69, 9.17) is 9.15 Å². The molecule has 0 saturated carbocycles. The molecule has 0 aliphatic rings. The first-order valence-electron chi connectivity index (χ1n) is 8.22. The lowest BCUT2D eigenvalue weighted by Gasteiger charge is -2.14. The molecule has 0 atom stereocenters. The fraction of sp³-hybridized carbons (Fsp3) is 0.263. The van der Waals surface area contributed by atoms with Crippen molar-refractivity contribution < 1.29 is 18.7 Å². The SMILES string of the molecule is COC(=O)c1cc(CN(C)C(=O)c2sc(-c3ccccn3)nc2C)oc1C. The maximum Gasteiger partial charge on any atom is 0.341 e. The number of methoxy groups -OCH3 is 1. The third-order valence-corrected chi connectivity index (χ3v) is 5.16. The van der Waals surface area contributed by atoms with Crippen LogP contribution in [-0.2, 0) is 11.3 Å². The molecule has 7 nitrogen and oxygen atoms in total. The van der Waals surface area contributed by atoms with Crippen LogP contribution in [0, 0.1) is 13.8 Å². The summed E-state index contributed by atoms with van der Waals surface area (Å²) in [5, 5.41) is 0.701. The van der Waals surface area contributed by atoms with E-state index in [0.29, 0.717) is 32.7 Å². The van der Waals surface area contributed by atoms with Crippen molar-refractivity contribution in [3.63, 3.8) is 0 Å². The van der Waals surface area contributed by atoms with Crippen molar-refractivity contribution in [1.29, 1.82) is 0 Å². The molecule has 0 aliphatic carbocycles. The average molecular weight is 385 g/mol. The number of aromatic nitrogens is 2. The van der Waals surface area contributed by atoms with Crippen LogP contribution in [0.1, 0.15) is 37.2 Å². The predicted molar refractivity (Wildman–Crippen MR) is 101 cm³/mol.